The van der Waals surface area contributed by atoms with Gasteiger partial charge < -0.3 is 8.74 Å². The summed E-state index contributed by atoms with van der Waals surface area (Å²) >= 11 is 0. The van der Waals surface area contributed by atoms with E-state index in [0.717, 1.165) is 5.56 Å². The largest absolute Gasteiger partial charge is 1.00 e. The van der Waals surface area contributed by atoms with E-state index in [2.05, 4.69) is 14.5 Å². The minimum absolute atomic E-state index is 0. The van der Waals surface area contributed by atoms with Crippen LogP contribution in [0.3, 0.4) is 0 Å². The van der Waals surface area contributed by atoms with Crippen LogP contribution in [0.4, 0.5) is 5.69 Å². The van der Waals surface area contributed by atoms with Crippen LogP contribution in [0.15, 0.2) is 58.9 Å². The van der Waals surface area contributed by atoms with Crippen molar-refractivity contribution < 1.29 is 46.7 Å². The van der Waals surface area contributed by atoms with Gasteiger partial charge in [0.1, 0.15) is 5.75 Å². The average Bonchev–Trinajstić information content (AvgIpc) is 2.51. The maximum Gasteiger partial charge on any atom is 1.00 e. The number of para-hydroxylation sites is 1. The van der Waals surface area contributed by atoms with Crippen LogP contribution in [0.25, 0.3) is 12.2 Å². The summed E-state index contributed by atoms with van der Waals surface area (Å²) in [6.07, 6.45) is 3.43. The smallest absolute Gasteiger partial charge is 0.716 e. The molecule has 0 amide bonds. The summed E-state index contributed by atoms with van der Waals surface area (Å²) in [5.41, 5.74) is 2.06. The van der Waals surface area contributed by atoms with E-state index in [1.54, 1.807) is 61.6 Å². The standard InChI is InChI=1S/C16H17N3O4S.Na/c1-19(2)18-17-15-11-8-13(9-12-15)7-10-14-5-3-4-6-16(14)23-24(20,21)22;/h3-12H,1-2H3,(H,20,21,22);/q;+1/p-1. The molecule has 0 heterocycles. The molecule has 0 aromatic heterocycles. The van der Waals surface area contributed by atoms with E-state index in [-0.39, 0.29) is 35.3 Å². The second kappa shape index (κ2) is 9.69. The molecule has 0 fully saturated rings. The summed E-state index contributed by atoms with van der Waals surface area (Å²) in [6, 6.07) is 13.7. The zero-order valence-corrected chi connectivity index (χ0v) is 17.0. The van der Waals surface area contributed by atoms with Crippen molar-refractivity contribution in [2.24, 2.45) is 10.3 Å². The molecule has 0 unspecified atom stereocenters. The van der Waals surface area contributed by atoms with E-state index < -0.39 is 10.4 Å². The van der Waals surface area contributed by atoms with Gasteiger partial charge in [-0.2, -0.15) is 0 Å². The van der Waals surface area contributed by atoms with Gasteiger partial charge in [0, 0.05) is 19.7 Å². The van der Waals surface area contributed by atoms with Gasteiger partial charge in [0.2, 0.25) is 0 Å². The first-order valence-electron chi connectivity index (χ1n) is 6.95. The number of hydrogen-bond donors (Lipinski definition) is 0. The molecule has 0 aliphatic heterocycles. The van der Waals surface area contributed by atoms with Gasteiger partial charge in [0.05, 0.1) is 5.69 Å². The van der Waals surface area contributed by atoms with Gasteiger partial charge in [-0.05, 0) is 23.8 Å². The summed E-state index contributed by atoms with van der Waals surface area (Å²) in [6.45, 7) is 0. The second-order valence-corrected chi connectivity index (χ2v) is 5.97. The molecule has 2 aromatic rings. The third-order valence-electron chi connectivity index (χ3n) is 2.80. The van der Waals surface area contributed by atoms with Crippen LogP contribution < -0.4 is 33.7 Å². The predicted octanol–water partition coefficient (Wildman–Crippen LogP) is 0.260. The summed E-state index contributed by atoms with van der Waals surface area (Å²) < 4.78 is 36.7. The molecular weight excluding hydrogens is 353 g/mol. The molecule has 0 saturated heterocycles. The molecule has 0 bridgehead atoms. The van der Waals surface area contributed by atoms with Crippen LogP contribution in [0.5, 0.6) is 5.75 Å². The molecule has 0 aliphatic carbocycles. The van der Waals surface area contributed by atoms with E-state index in [9.17, 15) is 13.0 Å². The molecule has 2 aromatic carbocycles. The van der Waals surface area contributed by atoms with E-state index in [1.807, 2.05) is 12.1 Å². The molecule has 0 aliphatic rings. The Balaban J connectivity index is 0.00000312. The molecular formula is C16H16N3NaO4S. The molecule has 0 radical (unpaired) electrons. The summed E-state index contributed by atoms with van der Waals surface area (Å²) in [7, 11) is -1.25. The third-order valence-corrected chi connectivity index (χ3v) is 3.18. The van der Waals surface area contributed by atoms with Crippen LogP contribution in [-0.4, -0.2) is 32.1 Å². The SMILES string of the molecule is CN(C)N=Nc1ccc(C=Cc2ccccc2OS(=O)(=O)[O-])cc1.[Na+]. The molecule has 0 atom stereocenters. The van der Waals surface area contributed by atoms with Gasteiger partial charge in [-0.1, -0.05) is 47.7 Å². The van der Waals surface area contributed by atoms with Gasteiger partial charge in [0.15, 0.2) is 0 Å². The van der Waals surface area contributed by atoms with Gasteiger partial charge in [-0.25, -0.2) is 8.42 Å². The Kier molecular flexibility index (Phi) is 8.27. The molecule has 126 valence electrons. The van der Waals surface area contributed by atoms with Crippen LogP contribution in [0.2, 0.25) is 0 Å². The molecule has 0 N–H and O–H groups in total. The minimum Gasteiger partial charge on any atom is -0.716 e. The van der Waals surface area contributed by atoms with Crippen molar-refractivity contribution in [2.75, 3.05) is 14.1 Å². The average molecular weight is 369 g/mol. The molecule has 9 heteroatoms. The first-order valence-corrected chi connectivity index (χ1v) is 8.28. The first kappa shape index (κ1) is 21.3. The van der Waals surface area contributed by atoms with Crippen molar-refractivity contribution in [3.8, 4) is 5.75 Å². The van der Waals surface area contributed by atoms with Crippen molar-refractivity contribution in [2.45, 2.75) is 0 Å². The fourth-order valence-electron chi connectivity index (χ4n) is 1.78. The van der Waals surface area contributed by atoms with Gasteiger partial charge in [-0.15, -0.1) is 5.11 Å². The van der Waals surface area contributed by atoms with Crippen molar-refractivity contribution in [3.63, 3.8) is 0 Å². The Morgan fingerprint density at radius 2 is 1.68 bits per heavy atom. The monoisotopic (exact) mass is 369 g/mol. The number of nitrogens with zero attached hydrogens (tertiary/aromatic N) is 3. The predicted molar refractivity (Wildman–Crippen MR) is 90.3 cm³/mol. The molecule has 7 nitrogen and oxygen atoms in total. The summed E-state index contributed by atoms with van der Waals surface area (Å²) in [5, 5.41) is 9.52. The number of benzene rings is 2. The van der Waals surface area contributed by atoms with Crippen molar-refractivity contribution in [1.29, 1.82) is 0 Å². The Morgan fingerprint density at radius 3 is 2.28 bits per heavy atom. The van der Waals surface area contributed by atoms with Crippen LogP contribution in [-0.2, 0) is 10.4 Å². The topological polar surface area (TPSA) is 94.4 Å². The van der Waals surface area contributed by atoms with Crippen LogP contribution >= 0.6 is 0 Å². The Morgan fingerprint density at radius 1 is 1.04 bits per heavy atom. The van der Waals surface area contributed by atoms with Crippen LogP contribution in [0, 0.1) is 0 Å². The van der Waals surface area contributed by atoms with E-state index in [1.165, 1.54) is 6.07 Å². The minimum atomic E-state index is -4.81. The quantitative estimate of drug-likeness (QED) is 0.182. The summed E-state index contributed by atoms with van der Waals surface area (Å²) in [5.74, 6) is -0.0137. The Labute approximate surface area is 169 Å². The van der Waals surface area contributed by atoms with Gasteiger partial charge in [-0.3, -0.25) is 5.01 Å². The third kappa shape index (κ3) is 7.80. The normalized spacial score (nSPS) is 11.5. The van der Waals surface area contributed by atoms with Crippen molar-refractivity contribution in [3.05, 3.63) is 59.7 Å². The maximum absolute atomic E-state index is 10.7. The maximum atomic E-state index is 10.7. The molecule has 0 spiro atoms. The van der Waals surface area contributed by atoms with Crippen molar-refractivity contribution in [1.82, 2.24) is 5.01 Å². The Hall–Kier alpha value is -1.71. The van der Waals surface area contributed by atoms with E-state index >= 15 is 0 Å². The fraction of sp³-hybridized carbons (Fsp3) is 0.125. The van der Waals surface area contributed by atoms with Crippen LogP contribution in [0.1, 0.15) is 11.1 Å². The van der Waals surface area contributed by atoms with Crippen molar-refractivity contribution >= 4 is 28.2 Å². The molecule has 2 rings (SSSR count). The first-order chi connectivity index (χ1) is 11.3. The fourth-order valence-corrected chi connectivity index (χ4v) is 2.15. The van der Waals surface area contributed by atoms with E-state index in [0.29, 0.717) is 11.3 Å². The molecule has 0 saturated carbocycles. The number of rotatable bonds is 6. The molecule has 25 heavy (non-hydrogen) atoms. The Bertz CT molecular complexity index is 850. The van der Waals surface area contributed by atoms with E-state index in [4.69, 9.17) is 0 Å². The summed E-state index contributed by atoms with van der Waals surface area (Å²) in [4.78, 5) is 0. The van der Waals surface area contributed by atoms with Gasteiger partial charge in [0.25, 0.3) is 10.4 Å². The second-order valence-electron chi connectivity index (χ2n) is 4.99. The zero-order valence-electron chi connectivity index (χ0n) is 14.2. The zero-order chi connectivity index (χ0) is 17.6. The van der Waals surface area contributed by atoms with Gasteiger partial charge >= 0.3 is 29.6 Å². The number of hydrogen-bond acceptors (Lipinski definition) is 6.